The Kier molecular flexibility index (Phi) is 6.02. The molecular formula is C16H24N2O3. The van der Waals surface area contributed by atoms with Crippen LogP contribution in [0.15, 0.2) is 30.3 Å². The molecule has 2 atom stereocenters. The minimum absolute atomic E-state index is 0.0783. The zero-order chi connectivity index (χ0) is 15.1. The normalized spacial score (nSPS) is 19.2. The van der Waals surface area contributed by atoms with E-state index in [1.807, 2.05) is 37.3 Å². The van der Waals surface area contributed by atoms with Gasteiger partial charge in [0.1, 0.15) is 0 Å². The SMILES string of the molecule is CCC(O)CN(Cc1ccccc1)C(=O)NC1CCOC1. The second kappa shape index (κ2) is 8.00. The highest BCUT2D eigenvalue weighted by atomic mass is 16.5. The van der Waals surface area contributed by atoms with Crippen molar-refractivity contribution in [2.24, 2.45) is 0 Å². The summed E-state index contributed by atoms with van der Waals surface area (Å²) in [5, 5.41) is 12.8. The van der Waals surface area contributed by atoms with Gasteiger partial charge in [0, 0.05) is 19.7 Å². The Morgan fingerprint density at radius 1 is 1.48 bits per heavy atom. The van der Waals surface area contributed by atoms with Gasteiger partial charge in [0.15, 0.2) is 0 Å². The third-order valence-electron chi connectivity index (χ3n) is 3.66. The largest absolute Gasteiger partial charge is 0.391 e. The molecule has 1 fully saturated rings. The Labute approximate surface area is 125 Å². The van der Waals surface area contributed by atoms with Crippen molar-refractivity contribution in [3.63, 3.8) is 0 Å². The van der Waals surface area contributed by atoms with Crippen LogP contribution in [-0.2, 0) is 11.3 Å². The van der Waals surface area contributed by atoms with Crippen LogP contribution in [-0.4, -0.2) is 47.9 Å². The first-order valence-electron chi connectivity index (χ1n) is 7.54. The van der Waals surface area contributed by atoms with Crippen LogP contribution in [0.25, 0.3) is 0 Å². The lowest BCUT2D eigenvalue weighted by molar-refractivity contribution is 0.113. The molecule has 2 amide bonds. The summed E-state index contributed by atoms with van der Waals surface area (Å²) < 4.78 is 5.28. The van der Waals surface area contributed by atoms with Crippen molar-refractivity contribution >= 4 is 6.03 Å². The summed E-state index contributed by atoms with van der Waals surface area (Å²) in [6.07, 6.45) is 0.978. The van der Waals surface area contributed by atoms with Gasteiger partial charge in [0.05, 0.1) is 18.8 Å². The summed E-state index contributed by atoms with van der Waals surface area (Å²) in [4.78, 5) is 14.1. The van der Waals surface area contributed by atoms with Gasteiger partial charge < -0.3 is 20.1 Å². The molecule has 5 heteroatoms. The molecule has 0 bridgehead atoms. The van der Waals surface area contributed by atoms with Gasteiger partial charge >= 0.3 is 6.03 Å². The molecular weight excluding hydrogens is 268 g/mol. The van der Waals surface area contributed by atoms with Gasteiger partial charge in [0.2, 0.25) is 0 Å². The molecule has 0 spiro atoms. The molecule has 1 aliphatic rings. The topological polar surface area (TPSA) is 61.8 Å². The van der Waals surface area contributed by atoms with Crippen molar-refractivity contribution in [3.05, 3.63) is 35.9 Å². The molecule has 0 radical (unpaired) electrons. The molecule has 1 aliphatic heterocycles. The quantitative estimate of drug-likeness (QED) is 0.840. The number of hydrogen-bond donors (Lipinski definition) is 2. The molecule has 1 heterocycles. The van der Waals surface area contributed by atoms with Crippen molar-refractivity contribution in [1.29, 1.82) is 0 Å². The molecule has 5 nitrogen and oxygen atoms in total. The van der Waals surface area contributed by atoms with Gasteiger partial charge in [-0.15, -0.1) is 0 Å². The average Bonchev–Trinajstić information content (AvgIpc) is 3.00. The van der Waals surface area contributed by atoms with Crippen LogP contribution in [0.5, 0.6) is 0 Å². The van der Waals surface area contributed by atoms with E-state index in [2.05, 4.69) is 5.32 Å². The Bertz CT molecular complexity index is 432. The minimum atomic E-state index is -0.501. The van der Waals surface area contributed by atoms with Crippen LogP contribution in [0.1, 0.15) is 25.3 Å². The predicted molar refractivity (Wildman–Crippen MR) is 80.9 cm³/mol. The van der Waals surface area contributed by atoms with Crippen LogP contribution in [0.3, 0.4) is 0 Å². The van der Waals surface area contributed by atoms with E-state index in [9.17, 15) is 9.90 Å². The molecule has 116 valence electrons. The van der Waals surface area contributed by atoms with E-state index in [4.69, 9.17) is 4.74 Å². The number of nitrogens with one attached hydrogen (secondary N) is 1. The summed E-state index contributed by atoms with van der Waals surface area (Å²) in [6, 6.07) is 9.76. The zero-order valence-electron chi connectivity index (χ0n) is 12.5. The van der Waals surface area contributed by atoms with Gasteiger partial charge in [-0.2, -0.15) is 0 Å². The first kappa shape index (κ1) is 15.8. The van der Waals surface area contributed by atoms with Crippen LogP contribution in [0.4, 0.5) is 4.79 Å². The standard InChI is InChI=1S/C16H24N2O3/c1-2-15(19)11-18(10-13-6-4-3-5-7-13)16(20)17-14-8-9-21-12-14/h3-7,14-15,19H,2,8-12H2,1H3,(H,17,20). The number of aliphatic hydroxyl groups excluding tert-OH is 1. The highest BCUT2D eigenvalue weighted by Crippen LogP contribution is 2.09. The van der Waals surface area contributed by atoms with Crippen LogP contribution >= 0.6 is 0 Å². The Morgan fingerprint density at radius 2 is 2.24 bits per heavy atom. The number of hydrogen-bond acceptors (Lipinski definition) is 3. The van der Waals surface area contributed by atoms with Gasteiger partial charge in [0.25, 0.3) is 0 Å². The lowest BCUT2D eigenvalue weighted by atomic mass is 10.2. The van der Waals surface area contributed by atoms with Crippen molar-refractivity contribution in [1.82, 2.24) is 10.2 Å². The number of benzene rings is 1. The number of nitrogens with zero attached hydrogens (tertiary/aromatic N) is 1. The fourth-order valence-electron chi connectivity index (χ4n) is 2.32. The van der Waals surface area contributed by atoms with Crippen molar-refractivity contribution in [3.8, 4) is 0 Å². The summed E-state index contributed by atoms with van der Waals surface area (Å²) >= 11 is 0. The van der Waals surface area contributed by atoms with Gasteiger partial charge in [-0.3, -0.25) is 0 Å². The fourth-order valence-corrected chi connectivity index (χ4v) is 2.32. The number of urea groups is 1. The Hall–Kier alpha value is -1.59. The van der Waals surface area contributed by atoms with Gasteiger partial charge in [-0.05, 0) is 18.4 Å². The fraction of sp³-hybridized carbons (Fsp3) is 0.562. The van der Waals surface area contributed by atoms with Crippen molar-refractivity contribution < 1.29 is 14.6 Å². The van der Waals surface area contributed by atoms with Crippen molar-refractivity contribution in [2.75, 3.05) is 19.8 Å². The minimum Gasteiger partial charge on any atom is -0.391 e. The molecule has 0 aliphatic carbocycles. The molecule has 1 aromatic carbocycles. The maximum Gasteiger partial charge on any atom is 0.318 e. The molecule has 1 saturated heterocycles. The first-order chi connectivity index (χ1) is 10.2. The highest BCUT2D eigenvalue weighted by Gasteiger charge is 2.22. The molecule has 2 rings (SSSR count). The van der Waals surface area contributed by atoms with Crippen LogP contribution in [0.2, 0.25) is 0 Å². The number of ether oxygens (including phenoxy) is 1. The number of aliphatic hydroxyl groups is 1. The molecule has 21 heavy (non-hydrogen) atoms. The lowest BCUT2D eigenvalue weighted by Crippen LogP contribution is -2.47. The van der Waals surface area contributed by atoms with E-state index in [-0.39, 0.29) is 12.1 Å². The number of carbonyl (C=O) groups excluding carboxylic acids is 1. The molecule has 1 aromatic rings. The van der Waals surface area contributed by atoms with E-state index in [0.717, 1.165) is 12.0 Å². The monoisotopic (exact) mass is 292 g/mol. The molecule has 2 unspecified atom stereocenters. The molecule has 0 saturated carbocycles. The second-order valence-corrected chi connectivity index (χ2v) is 5.44. The third kappa shape index (κ3) is 5.02. The average molecular weight is 292 g/mol. The van der Waals surface area contributed by atoms with Crippen LogP contribution in [0, 0.1) is 0 Å². The van der Waals surface area contributed by atoms with Gasteiger partial charge in [-0.1, -0.05) is 37.3 Å². The Balaban J connectivity index is 1.98. The summed E-state index contributed by atoms with van der Waals surface area (Å²) in [5.74, 6) is 0. The lowest BCUT2D eigenvalue weighted by Gasteiger charge is -2.26. The van der Waals surface area contributed by atoms with E-state index in [0.29, 0.717) is 32.7 Å². The number of rotatable bonds is 6. The van der Waals surface area contributed by atoms with E-state index in [1.165, 1.54) is 0 Å². The van der Waals surface area contributed by atoms with E-state index < -0.39 is 6.10 Å². The molecule has 0 aromatic heterocycles. The summed E-state index contributed by atoms with van der Waals surface area (Å²) in [7, 11) is 0. The van der Waals surface area contributed by atoms with Gasteiger partial charge in [-0.25, -0.2) is 4.79 Å². The summed E-state index contributed by atoms with van der Waals surface area (Å²) in [5.41, 5.74) is 1.05. The van der Waals surface area contributed by atoms with E-state index >= 15 is 0 Å². The predicted octanol–water partition coefficient (Wildman–Crippen LogP) is 1.76. The zero-order valence-corrected chi connectivity index (χ0v) is 12.5. The smallest absolute Gasteiger partial charge is 0.318 e. The Morgan fingerprint density at radius 3 is 2.86 bits per heavy atom. The maximum absolute atomic E-state index is 12.4. The number of carbonyl (C=O) groups is 1. The van der Waals surface area contributed by atoms with Crippen LogP contribution < -0.4 is 5.32 Å². The third-order valence-corrected chi connectivity index (χ3v) is 3.66. The van der Waals surface area contributed by atoms with E-state index in [1.54, 1.807) is 4.90 Å². The molecule has 2 N–H and O–H groups in total. The summed E-state index contributed by atoms with van der Waals surface area (Å²) in [6.45, 7) is 4.01. The first-order valence-corrected chi connectivity index (χ1v) is 7.54. The number of amides is 2. The highest BCUT2D eigenvalue weighted by molar-refractivity contribution is 5.74. The maximum atomic E-state index is 12.4. The van der Waals surface area contributed by atoms with Crippen molar-refractivity contribution in [2.45, 2.75) is 38.5 Å². The second-order valence-electron chi connectivity index (χ2n) is 5.44.